The molecule has 0 radical (unpaired) electrons. The molecule has 1 aromatic carbocycles. The molecule has 0 aliphatic heterocycles. The quantitative estimate of drug-likeness (QED) is 0.912. The number of sulfonamides is 1. The fraction of sp³-hybridized carbons (Fsp3) is 0.100. The Morgan fingerprint density at radius 1 is 1.41 bits per heavy atom. The van der Waals surface area contributed by atoms with Gasteiger partial charge in [0.25, 0.3) is 10.0 Å². The fourth-order valence-corrected chi connectivity index (χ4v) is 2.51. The Morgan fingerprint density at radius 3 is 2.76 bits per heavy atom. The number of nitrogens with one attached hydrogen (secondary N) is 2. The predicted octanol–water partition coefficient (Wildman–Crippen LogP) is 2.28. The molecule has 0 atom stereocenters. The SMILES string of the molecule is Cc1cc(NS(=O)(=O)c2cnc[nH]2)ccc1Br. The minimum atomic E-state index is -3.58. The molecular formula is C10H10BrN3O2S. The molecular weight excluding hydrogens is 306 g/mol. The van der Waals surface area contributed by atoms with Crippen molar-refractivity contribution < 1.29 is 8.42 Å². The van der Waals surface area contributed by atoms with Gasteiger partial charge < -0.3 is 4.98 Å². The van der Waals surface area contributed by atoms with Crippen LogP contribution in [0.3, 0.4) is 0 Å². The van der Waals surface area contributed by atoms with Crippen LogP contribution in [-0.2, 0) is 10.0 Å². The summed E-state index contributed by atoms with van der Waals surface area (Å²) in [5.41, 5.74) is 1.47. The third kappa shape index (κ3) is 2.67. The number of imidazole rings is 1. The van der Waals surface area contributed by atoms with Crippen LogP contribution >= 0.6 is 15.9 Å². The van der Waals surface area contributed by atoms with Crippen LogP contribution in [0.15, 0.2) is 40.2 Å². The van der Waals surface area contributed by atoms with Gasteiger partial charge in [-0.05, 0) is 30.7 Å². The number of H-pyrrole nitrogens is 1. The van der Waals surface area contributed by atoms with Crippen molar-refractivity contribution in [2.45, 2.75) is 11.9 Å². The largest absolute Gasteiger partial charge is 0.334 e. The minimum absolute atomic E-state index is 0.0399. The summed E-state index contributed by atoms with van der Waals surface area (Å²) >= 11 is 3.35. The van der Waals surface area contributed by atoms with Gasteiger partial charge in [-0.2, -0.15) is 8.42 Å². The number of halogens is 1. The highest BCUT2D eigenvalue weighted by atomic mass is 79.9. The molecule has 1 aromatic heterocycles. The second-order valence-corrected chi connectivity index (χ2v) is 5.99. The Hall–Kier alpha value is -1.34. The third-order valence-electron chi connectivity index (χ3n) is 2.17. The van der Waals surface area contributed by atoms with E-state index in [1.54, 1.807) is 18.2 Å². The lowest BCUT2D eigenvalue weighted by Crippen LogP contribution is -2.13. The van der Waals surface area contributed by atoms with E-state index in [1.165, 1.54) is 12.5 Å². The number of nitrogens with zero attached hydrogens (tertiary/aromatic N) is 1. The lowest BCUT2D eigenvalue weighted by Gasteiger charge is -2.07. The standard InChI is InChI=1S/C10H10BrN3O2S/c1-7-4-8(2-3-9(7)11)14-17(15,16)10-5-12-6-13-10/h2-6,14H,1H3,(H,12,13). The van der Waals surface area contributed by atoms with Gasteiger partial charge in [0.05, 0.1) is 12.5 Å². The molecule has 5 nitrogen and oxygen atoms in total. The van der Waals surface area contributed by atoms with E-state index >= 15 is 0 Å². The van der Waals surface area contributed by atoms with Crippen molar-refractivity contribution >= 4 is 31.6 Å². The molecule has 2 N–H and O–H groups in total. The molecule has 90 valence electrons. The summed E-state index contributed by atoms with van der Waals surface area (Å²) in [6.07, 6.45) is 2.58. The van der Waals surface area contributed by atoms with Crippen molar-refractivity contribution in [2.75, 3.05) is 4.72 Å². The van der Waals surface area contributed by atoms with Crippen LogP contribution < -0.4 is 4.72 Å². The van der Waals surface area contributed by atoms with Gasteiger partial charge in [-0.15, -0.1) is 0 Å². The number of anilines is 1. The van der Waals surface area contributed by atoms with Gasteiger partial charge in [-0.25, -0.2) is 4.98 Å². The highest BCUT2D eigenvalue weighted by Crippen LogP contribution is 2.21. The van der Waals surface area contributed by atoms with Gasteiger partial charge in [0.2, 0.25) is 0 Å². The summed E-state index contributed by atoms with van der Waals surface area (Å²) in [5.74, 6) is 0. The van der Waals surface area contributed by atoms with Gasteiger partial charge in [-0.1, -0.05) is 15.9 Å². The Bertz CT molecular complexity index is 623. The topological polar surface area (TPSA) is 74.8 Å². The highest BCUT2D eigenvalue weighted by Gasteiger charge is 2.15. The van der Waals surface area contributed by atoms with Crippen molar-refractivity contribution in [2.24, 2.45) is 0 Å². The summed E-state index contributed by atoms with van der Waals surface area (Å²) in [6, 6.07) is 5.23. The van der Waals surface area contributed by atoms with E-state index in [0.29, 0.717) is 5.69 Å². The van der Waals surface area contributed by atoms with Crippen molar-refractivity contribution in [3.8, 4) is 0 Å². The summed E-state index contributed by atoms with van der Waals surface area (Å²) in [7, 11) is -3.58. The Morgan fingerprint density at radius 2 is 2.18 bits per heavy atom. The zero-order valence-corrected chi connectivity index (χ0v) is 11.3. The molecule has 0 aliphatic rings. The van der Waals surface area contributed by atoms with Gasteiger partial charge in [-0.3, -0.25) is 4.72 Å². The zero-order valence-electron chi connectivity index (χ0n) is 8.94. The van der Waals surface area contributed by atoms with E-state index in [4.69, 9.17) is 0 Å². The average Bonchev–Trinajstić information content (AvgIpc) is 2.77. The van der Waals surface area contributed by atoms with Gasteiger partial charge in [0.15, 0.2) is 5.03 Å². The maximum atomic E-state index is 11.9. The first kappa shape index (κ1) is 12.1. The number of rotatable bonds is 3. The minimum Gasteiger partial charge on any atom is -0.334 e. The van der Waals surface area contributed by atoms with Gasteiger partial charge >= 0.3 is 0 Å². The lowest BCUT2D eigenvalue weighted by atomic mass is 10.2. The van der Waals surface area contributed by atoms with Crippen molar-refractivity contribution in [3.05, 3.63) is 40.8 Å². The van der Waals surface area contributed by atoms with E-state index in [-0.39, 0.29) is 5.03 Å². The second kappa shape index (κ2) is 4.50. The van der Waals surface area contributed by atoms with Crippen LogP contribution in [0.25, 0.3) is 0 Å². The fourth-order valence-electron chi connectivity index (χ4n) is 1.31. The molecule has 0 unspecified atom stereocenters. The van der Waals surface area contributed by atoms with Crippen LogP contribution in [0.5, 0.6) is 0 Å². The number of hydrogen-bond acceptors (Lipinski definition) is 3. The molecule has 2 aromatic rings. The molecule has 0 saturated heterocycles. The van der Waals surface area contributed by atoms with E-state index in [0.717, 1.165) is 10.0 Å². The molecule has 7 heteroatoms. The zero-order chi connectivity index (χ0) is 12.5. The van der Waals surface area contributed by atoms with Crippen LogP contribution in [-0.4, -0.2) is 18.4 Å². The lowest BCUT2D eigenvalue weighted by molar-refractivity contribution is 0.598. The number of benzene rings is 1. The first-order chi connectivity index (χ1) is 7.99. The summed E-state index contributed by atoms with van der Waals surface area (Å²) < 4.78 is 27.1. The number of aromatic amines is 1. The van der Waals surface area contributed by atoms with E-state index in [9.17, 15) is 8.42 Å². The van der Waals surface area contributed by atoms with Crippen molar-refractivity contribution in [3.63, 3.8) is 0 Å². The number of aromatic nitrogens is 2. The first-order valence-electron chi connectivity index (χ1n) is 4.76. The Kier molecular flexibility index (Phi) is 3.21. The summed E-state index contributed by atoms with van der Waals surface area (Å²) in [4.78, 5) is 6.23. The maximum absolute atomic E-state index is 11.9. The van der Waals surface area contributed by atoms with E-state index < -0.39 is 10.0 Å². The van der Waals surface area contributed by atoms with Crippen LogP contribution in [0.4, 0.5) is 5.69 Å². The van der Waals surface area contributed by atoms with Gasteiger partial charge in [0, 0.05) is 10.2 Å². The summed E-state index contributed by atoms with van der Waals surface area (Å²) in [6.45, 7) is 1.89. The molecule has 0 amide bonds. The third-order valence-corrected chi connectivity index (χ3v) is 4.37. The first-order valence-corrected chi connectivity index (χ1v) is 7.04. The predicted molar refractivity (Wildman–Crippen MR) is 68.3 cm³/mol. The molecule has 2 rings (SSSR count). The van der Waals surface area contributed by atoms with Crippen LogP contribution in [0.1, 0.15) is 5.56 Å². The number of hydrogen-bond donors (Lipinski definition) is 2. The summed E-state index contributed by atoms with van der Waals surface area (Å²) in [5, 5.41) is 0.0399. The molecule has 1 heterocycles. The molecule has 0 bridgehead atoms. The maximum Gasteiger partial charge on any atom is 0.278 e. The van der Waals surface area contributed by atoms with Gasteiger partial charge in [0.1, 0.15) is 0 Å². The number of aryl methyl sites for hydroxylation is 1. The smallest absolute Gasteiger partial charge is 0.278 e. The second-order valence-electron chi connectivity index (χ2n) is 3.49. The normalized spacial score (nSPS) is 11.4. The molecule has 0 fully saturated rings. The molecule has 0 aliphatic carbocycles. The van der Waals surface area contributed by atoms with E-state index in [1.807, 2.05) is 6.92 Å². The molecule has 0 spiro atoms. The molecule has 0 saturated carbocycles. The molecule has 17 heavy (non-hydrogen) atoms. The average molecular weight is 316 g/mol. The Labute approximate surface area is 107 Å². The van der Waals surface area contributed by atoms with Crippen molar-refractivity contribution in [1.82, 2.24) is 9.97 Å². The monoisotopic (exact) mass is 315 g/mol. The van der Waals surface area contributed by atoms with Crippen molar-refractivity contribution in [1.29, 1.82) is 0 Å². The van der Waals surface area contributed by atoms with E-state index in [2.05, 4.69) is 30.6 Å². The Balaban J connectivity index is 2.30. The highest BCUT2D eigenvalue weighted by molar-refractivity contribution is 9.10. The van der Waals surface area contributed by atoms with Crippen LogP contribution in [0.2, 0.25) is 0 Å². The van der Waals surface area contributed by atoms with Crippen LogP contribution in [0, 0.1) is 6.92 Å².